The van der Waals surface area contributed by atoms with E-state index in [4.69, 9.17) is 11.6 Å². The molecule has 4 nitrogen and oxygen atoms in total. The molecule has 26 heavy (non-hydrogen) atoms. The maximum absolute atomic E-state index is 12.6. The van der Waals surface area contributed by atoms with Gasteiger partial charge in [0, 0.05) is 28.1 Å². The third-order valence-corrected chi connectivity index (χ3v) is 5.83. The van der Waals surface area contributed by atoms with Gasteiger partial charge in [-0.1, -0.05) is 18.5 Å². The molecule has 6 heteroatoms. The van der Waals surface area contributed by atoms with Crippen molar-refractivity contribution in [3.05, 3.63) is 57.2 Å². The molecule has 0 spiro atoms. The lowest BCUT2D eigenvalue weighted by molar-refractivity contribution is -0.124. The van der Waals surface area contributed by atoms with E-state index in [0.29, 0.717) is 9.93 Å². The van der Waals surface area contributed by atoms with Crippen LogP contribution in [0.25, 0.3) is 11.8 Å². The quantitative estimate of drug-likeness (QED) is 0.642. The van der Waals surface area contributed by atoms with Crippen molar-refractivity contribution in [1.29, 1.82) is 0 Å². The SMILES string of the molecule is CC[C@@H](C)N1C(=O)S/C(=C\c2cc(C)n(-c3ccc(Cl)cc3)c2C)C1=O. The number of carbonyl (C=O) groups excluding carboxylic acids is 2. The minimum atomic E-state index is -0.203. The Labute approximate surface area is 162 Å². The molecule has 3 rings (SSSR count). The van der Waals surface area contributed by atoms with Crippen molar-refractivity contribution in [2.24, 2.45) is 0 Å². The van der Waals surface area contributed by atoms with Crippen LogP contribution in [0.2, 0.25) is 5.02 Å². The van der Waals surface area contributed by atoms with Gasteiger partial charge in [-0.2, -0.15) is 0 Å². The summed E-state index contributed by atoms with van der Waals surface area (Å²) in [7, 11) is 0. The number of hydrogen-bond donors (Lipinski definition) is 0. The summed E-state index contributed by atoms with van der Waals surface area (Å²) < 4.78 is 2.11. The minimum Gasteiger partial charge on any atom is -0.318 e. The van der Waals surface area contributed by atoms with Gasteiger partial charge in [0.15, 0.2) is 0 Å². The van der Waals surface area contributed by atoms with Crippen molar-refractivity contribution < 1.29 is 9.59 Å². The van der Waals surface area contributed by atoms with Crippen LogP contribution in [0.5, 0.6) is 0 Å². The number of carbonyl (C=O) groups is 2. The number of thioether (sulfide) groups is 1. The molecule has 0 saturated carbocycles. The Hall–Kier alpha value is -1.98. The molecule has 1 aromatic carbocycles. The van der Waals surface area contributed by atoms with Crippen molar-refractivity contribution in [1.82, 2.24) is 9.47 Å². The number of aromatic nitrogens is 1. The summed E-state index contributed by atoms with van der Waals surface area (Å²) in [5.74, 6) is -0.203. The smallest absolute Gasteiger partial charge is 0.293 e. The van der Waals surface area contributed by atoms with Gasteiger partial charge in [0.2, 0.25) is 0 Å². The second-order valence-electron chi connectivity index (χ2n) is 6.45. The first kappa shape index (κ1) is 18.8. The summed E-state index contributed by atoms with van der Waals surface area (Å²) in [6.07, 6.45) is 2.57. The number of benzene rings is 1. The number of aryl methyl sites for hydroxylation is 1. The van der Waals surface area contributed by atoms with E-state index < -0.39 is 0 Å². The average molecular weight is 389 g/mol. The monoisotopic (exact) mass is 388 g/mol. The van der Waals surface area contributed by atoms with Gasteiger partial charge >= 0.3 is 0 Å². The van der Waals surface area contributed by atoms with Gasteiger partial charge in [0.05, 0.1) is 4.91 Å². The van der Waals surface area contributed by atoms with E-state index in [0.717, 1.165) is 40.8 Å². The van der Waals surface area contributed by atoms with Crippen LogP contribution < -0.4 is 0 Å². The van der Waals surface area contributed by atoms with E-state index in [1.807, 2.05) is 64.1 Å². The van der Waals surface area contributed by atoms with Gasteiger partial charge < -0.3 is 4.57 Å². The highest BCUT2D eigenvalue weighted by atomic mass is 35.5. The predicted octanol–water partition coefficient (Wildman–Crippen LogP) is 5.58. The van der Waals surface area contributed by atoms with E-state index in [-0.39, 0.29) is 17.2 Å². The Kier molecular flexibility index (Phi) is 5.30. The van der Waals surface area contributed by atoms with Crippen LogP contribution in [-0.2, 0) is 4.79 Å². The molecular formula is C20H21ClN2O2S. The van der Waals surface area contributed by atoms with Crippen LogP contribution in [0.3, 0.4) is 0 Å². The normalized spacial score (nSPS) is 17.4. The standard InChI is InChI=1S/C20H21ClN2O2S/c1-5-12(2)23-19(24)18(26-20(23)25)11-15-10-13(3)22(14(15)4)17-8-6-16(21)7-9-17/h6-12H,5H2,1-4H3/b18-11-/t12-/m1/s1. The molecule has 1 aliphatic heterocycles. The van der Waals surface area contributed by atoms with E-state index >= 15 is 0 Å². The van der Waals surface area contributed by atoms with E-state index in [9.17, 15) is 9.59 Å². The summed E-state index contributed by atoms with van der Waals surface area (Å²) in [5, 5.41) is 0.497. The summed E-state index contributed by atoms with van der Waals surface area (Å²) >= 11 is 7.00. The third kappa shape index (κ3) is 3.33. The fourth-order valence-electron chi connectivity index (χ4n) is 3.10. The maximum atomic E-state index is 12.6. The number of imide groups is 1. The first-order valence-corrected chi connectivity index (χ1v) is 9.74. The van der Waals surface area contributed by atoms with E-state index in [1.54, 1.807) is 0 Å². The lowest BCUT2D eigenvalue weighted by Gasteiger charge is -2.19. The Balaban J connectivity index is 1.98. The van der Waals surface area contributed by atoms with Crippen LogP contribution in [0.1, 0.15) is 37.2 Å². The third-order valence-electron chi connectivity index (χ3n) is 4.70. The molecular weight excluding hydrogens is 368 g/mol. The first-order valence-electron chi connectivity index (χ1n) is 8.55. The molecule has 0 aliphatic carbocycles. The summed E-state index contributed by atoms with van der Waals surface area (Å²) in [4.78, 5) is 26.7. The number of hydrogen-bond acceptors (Lipinski definition) is 3. The topological polar surface area (TPSA) is 42.3 Å². The fourth-order valence-corrected chi connectivity index (χ4v) is 4.15. The molecule has 1 fully saturated rings. The zero-order valence-electron chi connectivity index (χ0n) is 15.2. The Morgan fingerprint density at radius 2 is 1.85 bits per heavy atom. The fraction of sp³-hybridized carbons (Fsp3) is 0.300. The van der Waals surface area contributed by atoms with Crippen LogP contribution in [0.15, 0.2) is 35.2 Å². The second kappa shape index (κ2) is 7.33. The highest BCUT2D eigenvalue weighted by Gasteiger charge is 2.37. The van der Waals surface area contributed by atoms with Crippen LogP contribution in [0, 0.1) is 13.8 Å². The molecule has 1 aliphatic rings. The van der Waals surface area contributed by atoms with Crippen molar-refractivity contribution >= 4 is 40.6 Å². The Morgan fingerprint density at radius 1 is 1.19 bits per heavy atom. The molecule has 2 heterocycles. The maximum Gasteiger partial charge on any atom is 0.293 e. The highest BCUT2D eigenvalue weighted by Crippen LogP contribution is 2.35. The summed E-state index contributed by atoms with van der Waals surface area (Å²) in [6, 6.07) is 9.57. The number of halogens is 1. The molecule has 0 unspecified atom stereocenters. The predicted molar refractivity (Wildman–Crippen MR) is 108 cm³/mol. The number of amides is 2. The van der Waals surface area contributed by atoms with Crippen LogP contribution in [-0.4, -0.2) is 26.7 Å². The highest BCUT2D eigenvalue weighted by molar-refractivity contribution is 8.18. The first-order chi connectivity index (χ1) is 12.3. The van der Waals surface area contributed by atoms with E-state index in [2.05, 4.69) is 4.57 Å². The molecule has 136 valence electrons. The van der Waals surface area contributed by atoms with Crippen molar-refractivity contribution in [3.8, 4) is 5.69 Å². The van der Waals surface area contributed by atoms with E-state index in [1.165, 1.54) is 4.90 Å². The molecule has 1 saturated heterocycles. The molecule has 1 aromatic heterocycles. The molecule has 0 N–H and O–H groups in total. The number of rotatable bonds is 4. The van der Waals surface area contributed by atoms with Gasteiger partial charge in [-0.05, 0) is 80.9 Å². The lowest BCUT2D eigenvalue weighted by Crippen LogP contribution is -2.36. The van der Waals surface area contributed by atoms with Gasteiger partial charge in [0.25, 0.3) is 11.1 Å². The molecule has 2 amide bonds. The largest absolute Gasteiger partial charge is 0.318 e. The second-order valence-corrected chi connectivity index (χ2v) is 7.88. The minimum absolute atomic E-state index is 0.0881. The molecule has 0 radical (unpaired) electrons. The van der Waals surface area contributed by atoms with Crippen LogP contribution >= 0.6 is 23.4 Å². The Bertz CT molecular complexity index is 899. The zero-order valence-corrected chi connectivity index (χ0v) is 16.8. The lowest BCUT2D eigenvalue weighted by atomic mass is 10.2. The van der Waals surface area contributed by atoms with Crippen molar-refractivity contribution in [2.45, 2.75) is 40.2 Å². The zero-order chi connectivity index (χ0) is 19.0. The van der Waals surface area contributed by atoms with Crippen LogP contribution in [0.4, 0.5) is 4.79 Å². The van der Waals surface area contributed by atoms with Gasteiger partial charge in [-0.15, -0.1) is 0 Å². The number of nitrogens with zero attached hydrogens (tertiary/aromatic N) is 2. The van der Waals surface area contributed by atoms with Gasteiger partial charge in [-0.3, -0.25) is 14.5 Å². The van der Waals surface area contributed by atoms with Gasteiger partial charge in [-0.25, -0.2) is 0 Å². The van der Waals surface area contributed by atoms with Crippen molar-refractivity contribution in [3.63, 3.8) is 0 Å². The summed E-state index contributed by atoms with van der Waals surface area (Å²) in [6.45, 7) is 7.89. The van der Waals surface area contributed by atoms with Gasteiger partial charge in [0.1, 0.15) is 0 Å². The summed E-state index contributed by atoms with van der Waals surface area (Å²) in [5.41, 5.74) is 4.02. The van der Waals surface area contributed by atoms with Crippen molar-refractivity contribution in [2.75, 3.05) is 0 Å². The molecule has 1 atom stereocenters. The Morgan fingerprint density at radius 3 is 2.46 bits per heavy atom. The average Bonchev–Trinajstić information content (AvgIpc) is 3.04. The molecule has 2 aromatic rings. The molecule has 0 bridgehead atoms.